The lowest BCUT2D eigenvalue weighted by Gasteiger charge is -2.07. The number of nitrogens with two attached hydrogens (primary N) is 1. The molecule has 0 radical (unpaired) electrons. The third kappa shape index (κ3) is 1.67. The second-order valence-corrected chi connectivity index (χ2v) is 3.26. The highest BCUT2D eigenvalue weighted by molar-refractivity contribution is 5.86. The molecule has 3 N–H and O–H groups in total. The number of aromatic nitrogens is 2. The van der Waals surface area contributed by atoms with E-state index in [2.05, 4.69) is 15.5 Å². The average Bonchev–Trinajstić information content (AvgIpc) is 2.62. The molecule has 0 fully saturated rings. The molecule has 5 heteroatoms. The number of nitrogens with one attached hydrogen (secondary N) is 1. The van der Waals surface area contributed by atoms with Crippen LogP contribution in [0.5, 0.6) is 0 Å². The fourth-order valence-corrected chi connectivity index (χ4v) is 1.19. The number of anilines is 1. The summed E-state index contributed by atoms with van der Waals surface area (Å²) in [5, 5.41) is 7.72. The van der Waals surface area contributed by atoms with E-state index in [1.54, 1.807) is 18.5 Å². The van der Waals surface area contributed by atoms with Crippen LogP contribution in [0.25, 0.3) is 11.0 Å². The van der Waals surface area contributed by atoms with Crippen molar-refractivity contribution in [3.63, 3.8) is 0 Å². The predicted molar refractivity (Wildman–Crippen MR) is 53.9 cm³/mol. The third-order valence-electron chi connectivity index (χ3n) is 1.87. The zero-order chi connectivity index (χ0) is 9.97. The third-order valence-corrected chi connectivity index (χ3v) is 1.87. The summed E-state index contributed by atoms with van der Waals surface area (Å²) in [5.41, 5.74) is 6.36. The minimum Gasteiger partial charge on any atom is -0.368 e. The Hall–Kier alpha value is -1.62. The molecule has 1 atom stereocenters. The number of hydrogen-bond donors (Lipinski definition) is 2. The van der Waals surface area contributed by atoms with Crippen molar-refractivity contribution in [3.8, 4) is 0 Å². The normalized spacial score (nSPS) is 13.0. The van der Waals surface area contributed by atoms with Gasteiger partial charge in [0.2, 0.25) is 0 Å². The highest BCUT2D eigenvalue weighted by atomic mass is 16.5. The zero-order valence-electron chi connectivity index (χ0n) is 7.90. The van der Waals surface area contributed by atoms with Crippen molar-refractivity contribution in [2.24, 2.45) is 5.73 Å². The van der Waals surface area contributed by atoms with Crippen molar-refractivity contribution < 1.29 is 4.52 Å². The van der Waals surface area contributed by atoms with Crippen LogP contribution >= 0.6 is 0 Å². The van der Waals surface area contributed by atoms with Crippen LogP contribution in [0.3, 0.4) is 0 Å². The van der Waals surface area contributed by atoms with E-state index in [4.69, 9.17) is 10.3 Å². The van der Waals surface area contributed by atoms with Gasteiger partial charge in [-0.25, -0.2) is 4.98 Å². The summed E-state index contributed by atoms with van der Waals surface area (Å²) in [6, 6.07) is 1.87. The van der Waals surface area contributed by atoms with Crippen molar-refractivity contribution >= 4 is 16.8 Å². The van der Waals surface area contributed by atoms with E-state index in [1.165, 1.54) is 0 Å². The first kappa shape index (κ1) is 8.96. The van der Waals surface area contributed by atoms with Gasteiger partial charge in [-0.1, -0.05) is 5.16 Å². The van der Waals surface area contributed by atoms with Gasteiger partial charge in [-0.2, -0.15) is 0 Å². The van der Waals surface area contributed by atoms with Crippen molar-refractivity contribution in [3.05, 3.63) is 18.5 Å². The van der Waals surface area contributed by atoms with Gasteiger partial charge in [0.25, 0.3) is 0 Å². The number of pyridine rings is 1. The Morgan fingerprint density at radius 1 is 1.64 bits per heavy atom. The molecule has 0 spiro atoms. The van der Waals surface area contributed by atoms with Crippen LogP contribution in [0.2, 0.25) is 0 Å². The van der Waals surface area contributed by atoms with Gasteiger partial charge in [0.1, 0.15) is 5.82 Å². The summed E-state index contributed by atoms with van der Waals surface area (Å²) in [6.45, 7) is 2.61. The fraction of sp³-hybridized carbons (Fsp3) is 0.333. The molecule has 0 aliphatic rings. The Morgan fingerprint density at radius 3 is 3.29 bits per heavy atom. The molecular weight excluding hydrogens is 180 g/mol. The second-order valence-electron chi connectivity index (χ2n) is 3.26. The van der Waals surface area contributed by atoms with Crippen LogP contribution < -0.4 is 11.1 Å². The Morgan fingerprint density at radius 2 is 2.50 bits per heavy atom. The molecule has 2 rings (SSSR count). The second kappa shape index (κ2) is 3.63. The summed E-state index contributed by atoms with van der Waals surface area (Å²) in [6.07, 6.45) is 3.32. The quantitative estimate of drug-likeness (QED) is 0.758. The SMILES string of the molecule is CC(N)CNc1nccc2oncc12. The predicted octanol–water partition coefficient (Wildman–Crippen LogP) is 0.982. The Bertz CT molecular complexity index is 423. The summed E-state index contributed by atoms with van der Waals surface area (Å²) in [4.78, 5) is 4.18. The van der Waals surface area contributed by atoms with Crippen LogP contribution in [0.1, 0.15) is 6.92 Å². The monoisotopic (exact) mass is 192 g/mol. The van der Waals surface area contributed by atoms with Crippen LogP contribution in [-0.4, -0.2) is 22.7 Å². The van der Waals surface area contributed by atoms with Gasteiger partial charge in [0.15, 0.2) is 5.58 Å². The molecule has 2 heterocycles. The fourth-order valence-electron chi connectivity index (χ4n) is 1.19. The van der Waals surface area contributed by atoms with E-state index in [1.807, 2.05) is 6.92 Å². The standard InChI is InChI=1S/C9H12N4O/c1-6(10)4-12-9-7-5-13-14-8(7)2-3-11-9/h2-3,5-6H,4,10H2,1H3,(H,11,12). The van der Waals surface area contributed by atoms with E-state index >= 15 is 0 Å². The van der Waals surface area contributed by atoms with Crippen LogP contribution in [0, 0.1) is 0 Å². The van der Waals surface area contributed by atoms with E-state index in [0.29, 0.717) is 6.54 Å². The molecule has 0 saturated heterocycles. The first-order valence-electron chi connectivity index (χ1n) is 4.46. The lowest BCUT2D eigenvalue weighted by atomic mass is 10.3. The van der Waals surface area contributed by atoms with Gasteiger partial charge in [-0.3, -0.25) is 0 Å². The van der Waals surface area contributed by atoms with E-state index in [9.17, 15) is 0 Å². The van der Waals surface area contributed by atoms with Gasteiger partial charge < -0.3 is 15.6 Å². The van der Waals surface area contributed by atoms with Crippen molar-refractivity contribution in [2.75, 3.05) is 11.9 Å². The molecule has 0 aliphatic carbocycles. The molecule has 74 valence electrons. The highest BCUT2D eigenvalue weighted by Gasteiger charge is 2.05. The maximum absolute atomic E-state index is 5.63. The molecule has 2 aromatic rings. The molecule has 0 aliphatic heterocycles. The van der Waals surface area contributed by atoms with Crippen LogP contribution in [-0.2, 0) is 0 Å². The summed E-state index contributed by atoms with van der Waals surface area (Å²) < 4.78 is 5.00. The molecule has 14 heavy (non-hydrogen) atoms. The van der Waals surface area contributed by atoms with E-state index in [-0.39, 0.29) is 6.04 Å². The Labute approximate surface area is 81.3 Å². The highest BCUT2D eigenvalue weighted by Crippen LogP contribution is 2.19. The van der Waals surface area contributed by atoms with Gasteiger partial charge in [0.05, 0.1) is 11.6 Å². The molecule has 5 nitrogen and oxygen atoms in total. The summed E-state index contributed by atoms with van der Waals surface area (Å²) >= 11 is 0. The molecule has 2 aromatic heterocycles. The van der Waals surface area contributed by atoms with Crippen molar-refractivity contribution in [2.45, 2.75) is 13.0 Å². The summed E-state index contributed by atoms with van der Waals surface area (Å²) in [5.74, 6) is 0.765. The van der Waals surface area contributed by atoms with Crippen molar-refractivity contribution in [1.82, 2.24) is 10.1 Å². The van der Waals surface area contributed by atoms with E-state index in [0.717, 1.165) is 16.8 Å². The molecular formula is C9H12N4O. The largest absolute Gasteiger partial charge is 0.368 e. The first-order valence-corrected chi connectivity index (χ1v) is 4.46. The van der Waals surface area contributed by atoms with Gasteiger partial charge in [-0.15, -0.1) is 0 Å². The van der Waals surface area contributed by atoms with Crippen LogP contribution in [0.15, 0.2) is 23.0 Å². The average molecular weight is 192 g/mol. The summed E-state index contributed by atoms with van der Waals surface area (Å²) in [7, 11) is 0. The van der Waals surface area contributed by atoms with Gasteiger partial charge >= 0.3 is 0 Å². The zero-order valence-corrected chi connectivity index (χ0v) is 7.90. The van der Waals surface area contributed by atoms with Crippen molar-refractivity contribution in [1.29, 1.82) is 0 Å². The molecule has 0 amide bonds. The number of fused-ring (bicyclic) bond motifs is 1. The lowest BCUT2D eigenvalue weighted by molar-refractivity contribution is 0.456. The molecule has 1 unspecified atom stereocenters. The number of nitrogens with zero attached hydrogens (tertiary/aromatic N) is 2. The molecule has 0 bridgehead atoms. The minimum atomic E-state index is 0.0897. The number of rotatable bonds is 3. The van der Waals surface area contributed by atoms with E-state index < -0.39 is 0 Å². The maximum atomic E-state index is 5.63. The smallest absolute Gasteiger partial charge is 0.172 e. The Kier molecular flexibility index (Phi) is 2.32. The molecule has 0 aromatic carbocycles. The minimum absolute atomic E-state index is 0.0897. The topological polar surface area (TPSA) is 77.0 Å². The van der Waals surface area contributed by atoms with Gasteiger partial charge in [0, 0.05) is 24.8 Å². The van der Waals surface area contributed by atoms with Crippen LogP contribution in [0.4, 0.5) is 5.82 Å². The number of hydrogen-bond acceptors (Lipinski definition) is 5. The first-order chi connectivity index (χ1) is 6.77. The molecule has 0 saturated carbocycles. The van der Waals surface area contributed by atoms with Gasteiger partial charge in [-0.05, 0) is 6.92 Å². The maximum Gasteiger partial charge on any atom is 0.172 e. The Balaban J connectivity index is 2.27. The lowest BCUT2D eigenvalue weighted by Crippen LogP contribution is -2.25.